The molecule has 0 saturated carbocycles. The molecule has 0 radical (unpaired) electrons. The van der Waals surface area contributed by atoms with Crippen molar-refractivity contribution in [3.63, 3.8) is 0 Å². The van der Waals surface area contributed by atoms with Gasteiger partial charge in [0.2, 0.25) is 5.91 Å². The number of hydrogen-bond acceptors (Lipinski definition) is 5. The minimum absolute atomic E-state index is 0.131. The zero-order chi connectivity index (χ0) is 18.5. The highest BCUT2D eigenvalue weighted by atomic mass is 32.2. The molecule has 2 aromatic carbocycles. The Morgan fingerprint density at radius 3 is 2.38 bits per heavy atom. The van der Waals surface area contributed by atoms with Crippen LogP contribution in [0.5, 0.6) is 0 Å². The normalized spacial score (nSPS) is 11.8. The number of aryl methyl sites for hydroxylation is 2. The van der Waals surface area contributed by atoms with Crippen molar-refractivity contribution in [1.29, 1.82) is 0 Å². The van der Waals surface area contributed by atoms with Gasteiger partial charge in [0.15, 0.2) is 5.16 Å². The van der Waals surface area contributed by atoms with Crippen LogP contribution in [-0.2, 0) is 4.79 Å². The number of hydrogen-bond donors (Lipinski definition) is 2. The zero-order valence-corrected chi connectivity index (χ0v) is 15.5. The molecule has 3 rings (SSSR count). The number of benzene rings is 2. The third-order valence-corrected chi connectivity index (χ3v) is 4.85. The maximum atomic E-state index is 13.0. The molecule has 0 aliphatic rings. The largest absolute Gasteiger partial charge is 0.384 e. The van der Waals surface area contributed by atoms with Crippen LogP contribution in [0.2, 0.25) is 0 Å². The lowest BCUT2D eigenvalue weighted by atomic mass is 10.1. The van der Waals surface area contributed by atoms with E-state index in [1.54, 1.807) is 6.07 Å². The summed E-state index contributed by atoms with van der Waals surface area (Å²) < 4.78 is 0. The van der Waals surface area contributed by atoms with Gasteiger partial charge in [-0.2, -0.15) is 0 Å². The summed E-state index contributed by atoms with van der Waals surface area (Å²) in [5.74, 6) is 0.263. The molecule has 0 fully saturated rings. The van der Waals surface area contributed by atoms with Crippen LogP contribution in [0.15, 0.2) is 65.8 Å². The van der Waals surface area contributed by atoms with E-state index in [2.05, 4.69) is 15.3 Å². The summed E-state index contributed by atoms with van der Waals surface area (Å²) >= 11 is 1.29. The summed E-state index contributed by atoms with van der Waals surface area (Å²) in [6.07, 6.45) is 0. The first-order valence-corrected chi connectivity index (χ1v) is 9.09. The van der Waals surface area contributed by atoms with E-state index >= 15 is 0 Å². The minimum atomic E-state index is -0.487. The molecule has 0 bridgehead atoms. The second-order valence-corrected chi connectivity index (χ2v) is 7.05. The van der Waals surface area contributed by atoms with Gasteiger partial charge in [-0.25, -0.2) is 9.97 Å². The summed E-state index contributed by atoms with van der Waals surface area (Å²) in [7, 11) is 0. The predicted octanol–water partition coefficient (Wildman–Crippen LogP) is 4.15. The second kappa shape index (κ2) is 8.01. The summed E-state index contributed by atoms with van der Waals surface area (Å²) in [4.78, 5) is 21.6. The first kappa shape index (κ1) is 17.9. The number of carbonyl (C=O) groups is 1. The van der Waals surface area contributed by atoms with E-state index in [9.17, 15) is 4.79 Å². The number of nitrogen functional groups attached to an aromatic ring is 1. The third kappa shape index (κ3) is 4.61. The molecule has 1 heterocycles. The molecule has 1 atom stereocenters. The molecule has 0 aliphatic heterocycles. The van der Waals surface area contributed by atoms with E-state index < -0.39 is 5.25 Å². The van der Waals surface area contributed by atoms with Crippen LogP contribution in [0, 0.1) is 13.8 Å². The van der Waals surface area contributed by atoms with Crippen LogP contribution in [0.4, 0.5) is 11.5 Å². The molecular weight excluding hydrogens is 344 g/mol. The van der Waals surface area contributed by atoms with Gasteiger partial charge in [-0.3, -0.25) is 4.79 Å². The zero-order valence-electron chi connectivity index (χ0n) is 14.6. The van der Waals surface area contributed by atoms with Crippen LogP contribution >= 0.6 is 11.8 Å². The van der Waals surface area contributed by atoms with Gasteiger partial charge in [0, 0.05) is 17.4 Å². The topological polar surface area (TPSA) is 80.9 Å². The molecule has 26 heavy (non-hydrogen) atoms. The highest BCUT2D eigenvalue weighted by molar-refractivity contribution is 8.00. The van der Waals surface area contributed by atoms with Crippen molar-refractivity contribution in [3.05, 3.63) is 77.5 Å². The lowest BCUT2D eigenvalue weighted by molar-refractivity contribution is -0.115. The predicted molar refractivity (Wildman–Crippen MR) is 106 cm³/mol. The molecule has 132 valence electrons. The number of aromatic nitrogens is 2. The lowest BCUT2D eigenvalue weighted by Gasteiger charge is -2.16. The maximum Gasteiger partial charge on any atom is 0.242 e. The standard InChI is InChI=1S/C20H20N4OS/c1-13-8-10-16(11-9-13)23-19(25)18(15-6-4-3-5-7-15)26-20-22-14(2)12-17(21)24-20/h3-12,18H,1-2H3,(H,23,25)(H2,21,22,24)/t18-/m1/s1. The Balaban J connectivity index is 1.87. The summed E-state index contributed by atoms with van der Waals surface area (Å²) in [5, 5.41) is 2.97. The molecule has 3 N–H and O–H groups in total. The molecular formula is C20H20N4OS. The van der Waals surface area contributed by atoms with Gasteiger partial charge in [-0.15, -0.1) is 0 Å². The Morgan fingerprint density at radius 1 is 1.04 bits per heavy atom. The first-order valence-electron chi connectivity index (χ1n) is 8.21. The van der Waals surface area contributed by atoms with Gasteiger partial charge >= 0.3 is 0 Å². The van der Waals surface area contributed by atoms with Gasteiger partial charge in [-0.05, 0) is 31.5 Å². The fourth-order valence-electron chi connectivity index (χ4n) is 2.47. The van der Waals surface area contributed by atoms with Crippen molar-refractivity contribution in [3.8, 4) is 0 Å². The number of nitrogens with one attached hydrogen (secondary N) is 1. The van der Waals surface area contributed by atoms with Crippen molar-refractivity contribution < 1.29 is 4.79 Å². The summed E-state index contributed by atoms with van der Waals surface area (Å²) in [6, 6.07) is 19.0. The minimum Gasteiger partial charge on any atom is -0.384 e. The van der Waals surface area contributed by atoms with Gasteiger partial charge in [0.25, 0.3) is 0 Å². The average molecular weight is 364 g/mol. The van der Waals surface area contributed by atoms with E-state index in [0.29, 0.717) is 11.0 Å². The van der Waals surface area contributed by atoms with E-state index in [0.717, 1.165) is 22.5 Å². The molecule has 5 nitrogen and oxygen atoms in total. The van der Waals surface area contributed by atoms with Gasteiger partial charge < -0.3 is 11.1 Å². The number of anilines is 2. The molecule has 0 spiro atoms. The number of carbonyl (C=O) groups excluding carboxylic acids is 1. The molecule has 1 amide bonds. The van der Waals surface area contributed by atoms with Crippen molar-refractivity contribution >= 4 is 29.2 Å². The number of nitrogens with two attached hydrogens (primary N) is 1. The van der Waals surface area contributed by atoms with E-state index in [-0.39, 0.29) is 5.91 Å². The van der Waals surface area contributed by atoms with Crippen LogP contribution in [0.1, 0.15) is 22.1 Å². The Labute approximate surface area is 157 Å². The smallest absolute Gasteiger partial charge is 0.242 e. The lowest BCUT2D eigenvalue weighted by Crippen LogP contribution is -2.19. The second-order valence-electron chi connectivity index (χ2n) is 5.98. The fourth-order valence-corrected chi connectivity index (χ4v) is 3.49. The molecule has 3 aromatic rings. The van der Waals surface area contributed by atoms with E-state index in [1.165, 1.54) is 11.8 Å². The average Bonchev–Trinajstić information content (AvgIpc) is 2.61. The SMILES string of the molecule is Cc1ccc(NC(=O)[C@H](Sc2nc(C)cc(N)n2)c2ccccc2)cc1. The number of amides is 1. The number of thioether (sulfide) groups is 1. The van der Waals surface area contributed by atoms with Gasteiger partial charge in [0.05, 0.1) is 0 Å². The highest BCUT2D eigenvalue weighted by Gasteiger charge is 2.23. The molecule has 6 heteroatoms. The monoisotopic (exact) mass is 364 g/mol. The Bertz CT molecular complexity index is 877. The van der Waals surface area contributed by atoms with E-state index in [4.69, 9.17) is 5.73 Å². The van der Waals surface area contributed by atoms with Crippen molar-refractivity contribution in [2.75, 3.05) is 11.1 Å². The van der Waals surface area contributed by atoms with Crippen molar-refractivity contribution in [1.82, 2.24) is 9.97 Å². The molecule has 0 aliphatic carbocycles. The van der Waals surface area contributed by atoms with Crippen molar-refractivity contribution in [2.45, 2.75) is 24.3 Å². The van der Waals surface area contributed by atoms with Crippen molar-refractivity contribution in [2.24, 2.45) is 0 Å². The van der Waals surface area contributed by atoms with Crippen LogP contribution < -0.4 is 11.1 Å². The fraction of sp³-hybridized carbons (Fsp3) is 0.150. The van der Waals surface area contributed by atoms with Crippen LogP contribution in [0.25, 0.3) is 0 Å². The van der Waals surface area contributed by atoms with Gasteiger partial charge in [-0.1, -0.05) is 59.8 Å². The van der Waals surface area contributed by atoms with Crippen LogP contribution in [-0.4, -0.2) is 15.9 Å². The Kier molecular flexibility index (Phi) is 5.53. The maximum absolute atomic E-state index is 13.0. The summed E-state index contributed by atoms with van der Waals surface area (Å²) in [6.45, 7) is 3.86. The number of rotatable bonds is 5. The highest BCUT2D eigenvalue weighted by Crippen LogP contribution is 2.34. The summed E-state index contributed by atoms with van der Waals surface area (Å²) in [5.41, 5.74) is 9.37. The Hall–Kier alpha value is -2.86. The third-order valence-electron chi connectivity index (χ3n) is 3.74. The van der Waals surface area contributed by atoms with Gasteiger partial charge in [0.1, 0.15) is 11.1 Å². The van der Waals surface area contributed by atoms with Crippen LogP contribution in [0.3, 0.4) is 0 Å². The van der Waals surface area contributed by atoms with E-state index in [1.807, 2.05) is 68.4 Å². The number of nitrogens with zero attached hydrogens (tertiary/aromatic N) is 2. The Morgan fingerprint density at radius 2 is 1.73 bits per heavy atom. The molecule has 0 saturated heterocycles. The molecule has 1 aromatic heterocycles. The first-order chi connectivity index (χ1) is 12.5. The quantitative estimate of drug-likeness (QED) is 0.525. The molecule has 0 unspecified atom stereocenters.